The van der Waals surface area contributed by atoms with Crippen molar-refractivity contribution in [3.8, 4) is 0 Å². The molecule has 34 heavy (non-hydrogen) atoms. The predicted octanol–water partition coefficient (Wildman–Crippen LogP) is 4.02. The highest BCUT2D eigenvalue weighted by molar-refractivity contribution is 7.93. The van der Waals surface area contributed by atoms with Gasteiger partial charge in [0.25, 0.3) is 10.0 Å². The highest BCUT2D eigenvalue weighted by Gasteiger charge is 2.37. The molecule has 3 aromatic rings. The van der Waals surface area contributed by atoms with E-state index in [0.29, 0.717) is 17.4 Å². The average Bonchev–Trinajstić information content (AvgIpc) is 3.49. The fourth-order valence-corrected chi connectivity index (χ4v) is 6.37. The molecule has 0 unspecified atom stereocenters. The fraction of sp³-hybridized carbons (Fsp3) is 0.304. The van der Waals surface area contributed by atoms with Gasteiger partial charge in [0.2, 0.25) is 5.91 Å². The first-order valence-electron chi connectivity index (χ1n) is 11.0. The summed E-state index contributed by atoms with van der Waals surface area (Å²) in [7, 11) is -3.72. The van der Waals surface area contributed by atoms with Crippen LogP contribution in [0, 0.1) is 0 Å². The molecule has 1 N–H and O–H groups in total. The van der Waals surface area contributed by atoms with Crippen LogP contribution in [-0.2, 0) is 14.8 Å². The Bertz CT molecular complexity index is 1250. The summed E-state index contributed by atoms with van der Waals surface area (Å²) in [6.45, 7) is 3.94. The van der Waals surface area contributed by atoms with E-state index in [1.807, 2.05) is 24.3 Å². The molecule has 2 aliphatic heterocycles. The van der Waals surface area contributed by atoms with Crippen LogP contribution in [0.3, 0.4) is 0 Å². The maximum absolute atomic E-state index is 13.2. The van der Waals surface area contributed by atoms with Gasteiger partial charge in [0.05, 0.1) is 10.9 Å². The van der Waals surface area contributed by atoms with E-state index in [9.17, 15) is 13.2 Å². The summed E-state index contributed by atoms with van der Waals surface area (Å²) in [6, 6.07) is 14.1. The third kappa shape index (κ3) is 4.76. The van der Waals surface area contributed by atoms with Crippen LogP contribution in [0.4, 0.5) is 16.5 Å². The summed E-state index contributed by atoms with van der Waals surface area (Å²) < 4.78 is 27.6. The predicted molar refractivity (Wildman–Crippen MR) is 140 cm³/mol. The van der Waals surface area contributed by atoms with Crippen molar-refractivity contribution in [1.82, 2.24) is 9.88 Å². The molecule has 1 amide bonds. The van der Waals surface area contributed by atoms with Gasteiger partial charge in [0, 0.05) is 63.6 Å². The number of halogens is 1. The lowest BCUT2D eigenvalue weighted by atomic mass is 10.1. The molecule has 0 spiro atoms. The molecule has 2 fully saturated rings. The monoisotopic (exact) mass is 521 g/mol. The zero-order valence-corrected chi connectivity index (χ0v) is 20.7. The van der Waals surface area contributed by atoms with Gasteiger partial charge >= 0.3 is 0 Å². The molecule has 3 heterocycles. The van der Waals surface area contributed by atoms with Gasteiger partial charge in [-0.1, -0.05) is 11.6 Å². The number of sulfonamides is 1. The summed E-state index contributed by atoms with van der Waals surface area (Å²) in [4.78, 5) is 23.6. The minimum atomic E-state index is -3.72. The van der Waals surface area contributed by atoms with Crippen LogP contribution in [0.1, 0.15) is 9.27 Å². The number of thiazole rings is 1. The number of nitrogens with one attached hydrogen (secondary N) is 1. The SMILES string of the molecule is O=C1[C@@H](N2CCN(c3ccc(Cl)cc3)CC2)CCN1c1ccc(S(=O)(=O)Nc2nccs2)cc1.[HH].[HH]. The Morgan fingerprint density at radius 2 is 1.65 bits per heavy atom. The summed E-state index contributed by atoms with van der Waals surface area (Å²) >= 11 is 7.21. The molecular formula is C23H28ClN5O3S2. The molecule has 0 bridgehead atoms. The van der Waals surface area contributed by atoms with Crippen molar-refractivity contribution in [1.29, 1.82) is 0 Å². The van der Waals surface area contributed by atoms with Crippen LogP contribution in [0.2, 0.25) is 5.02 Å². The van der Waals surface area contributed by atoms with Gasteiger partial charge < -0.3 is 9.80 Å². The lowest BCUT2D eigenvalue weighted by molar-refractivity contribution is -0.121. The van der Waals surface area contributed by atoms with E-state index in [1.54, 1.807) is 28.6 Å². The van der Waals surface area contributed by atoms with E-state index in [0.717, 1.165) is 43.3 Å². The van der Waals surface area contributed by atoms with Crippen LogP contribution in [0.5, 0.6) is 0 Å². The van der Waals surface area contributed by atoms with Crippen molar-refractivity contribution in [2.75, 3.05) is 47.2 Å². The Hall–Kier alpha value is -2.66. The van der Waals surface area contributed by atoms with Crippen molar-refractivity contribution in [2.45, 2.75) is 17.4 Å². The lowest BCUT2D eigenvalue weighted by Gasteiger charge is -2.38. The largest absolute Gasteiger partial charge is 0.369 e. The first-order valence-corrected chi connectivity index (χ1v) is 13.7. The zero-order valence-electron chi connectivity index (χ0n) is 18.3. The number of benzene rings is 2. The Morgan fingerprint density at radius 3 is 2.29 bits per heavy atom. The molecule has 0 saturated carbocycles. The second kappa shape index (κ2) is 9.53. The molecule has 1 aromatic heterocycles. The molecule has 2 aromatic carbocycles. The molecule has 5 rings (SSSR count). The molecular weight excluding hydrogens is 494 g/mol. The lowest BCUT2D eigenvalue weighted by Crippen LogP contribution is -2.52. The minimum Gasteiger partial charge on any atom is -0.369 e. The summed E-state index contributed by atoms with van der Waals surface area (Å²) in [5, 5.41) is 2.74. The number of hydrogen-bond acceptors (Lipinski definition) is 7. The van der Waals surface area contributed by atoms with E-state index < -0.39 is 10.0 Å². The highest BCUT2D eigenvalue weighted by atomic mass is 35.5. The van der Waals surface area contributed by atoms with Crippen LogP contribution in [0.25, 0.3) is 0 Å². The average molecular weight is 522 g/mol. The Morgan fingerprint density at radius 1 is 0.971 bits per heavy atom. The van der Waals surface area contributed by atoms with Gasteiger partial charge in [-0.3, -0.25) is 14.4 Å². The first-order chi connectivity index (χ1) is 16.4. The topological polar surface area (TPSA) is 85.9 Å². The van der Waals surface area contributed by atoms with Crippen molar-refractivity contribution >= 4 is 55.4 Å². The van der Waals surface area contributed by atoms with Gasteiger partial charge in [0.1, 0.15) is 0 Å². The molecule has 8 nitrogen and oxygen atoms in total. The molecule has 11 heteroatoms. The maximum Gasteiger partial charge on any atom is 0.263 e. The fourth-order valence-electron chi connectivity index (χ4n) is 4.46. The number of carbonyl (C=O) groups is 1. The van der Waals surface area contributed by atoms with Crippen molar-refractivity contribution in [3.63, 3.8) is 0 Å². The van der Waals surface area contributed by atoms with Gasteiger partial charge in [-0.2, -0.15) is 0 Å². The van der Waals surface area contributed by atoms with Gasteiger partial charge in [-0.05, 0) is 55.0 Å². The Labute approximate surface area is 210 Å². The second-order valence-corrected chi connectivity index (χ2v) is 11.2. The quantitative estimate of drug-likeness (QED) is 0.527. The standard InChI is InChI=1S/C23H24ClN5O3S2.2H2/c24-17-1-3-18(4-2-17)27-12-14-28(15-13-27)21-9-11-29(22(21)30)19-5-7-20(8-6-19)34(31,32)26-23-25-10-16-33-23;;/h1-8,10,16,21H,9,11-15H2,(H,25,26);2*1H/t21-;;/m0../s1. The summed E-state index contributed by atoms with van der Waals surface area (Å²) in [5.74, 6) is 0.0662. The molecule has 2 aliphatic rings. The van der Waals surface area contributed by atoms with Gasteiger partial charge in [-0.25, -0.2) is 13.4 Å². The van der Waals surface area contributed by atoms with Gasteiger partial charge in [0.15, 0.2) is 5.13 Å². The van der Waals surface area contributed by atoms with Crippen molar-refractivity contribution in [3.05, 3.63) is 65.1 Å². The van der Waals surface area contributed by atoms with Crippen molar-refractivity contribution in [2.24, 2.45) is 0 Å². The van der Waals surface area contributed by atoms with Crippen LogP contribution < -0.4 is 14.5 Å². The van der Waals surface area contributed by atoms with E-state index in [-0.39, 0.29) is 19.7 Å². The molecule has 0 radical (unpaired) electrons. The molecule has 182 valence electrons. The number of anilines is 3. The number of carbonyl (C=O) groups excluding carboxylic acids is 1. The van der Waals surface area contributed by atoms with E-state index in [4.69, 9.17) is 11.6 Å². The van der Waals surface area contributed by atoms with Crippen LogP contribution in [0.15, 0.2) is 65.0 Å². The van der Waals surface area contributed by atoms with Crippen LogP contribution >= 0.6 is 22.9 Å². The normalized spacial score (nSPS) is 19.6. The van der Waals surface area contributed by atoms with Gasteiger partial charge in [-0.15, -0.1) is 11.3 Å². The molecule has 2 saturated heterocycles. The Balaban J connectivity index is 0.00000180. The second-order valence-electron chi connectivity index (χ2n) is 8.23. The smallest absolute Gasteiger partial charge is 0.263 e. The zero-order chi connectivity index (χ0) is 23.7. The first kappa shape index (κ1) is 23.1. The number of hydrogen-bond donors (Lipinski definition) is 1. The van der Waals surface area contributed by atoms with E-state index >= 15 is 0 Å². The third-order valence-corrected chi connectivity index (χ3v) is 8.66. The molecule has 1 atom stereocenters. The summed E-state index contributed by atoms with van der Waals surface area (Å²) in [5.41, 5.74) is 1.85. The number of nitrogens with zero attached hydrogens (tertiary/aromatic N) is 4. The highest BCUT2D eigenvalue weighted by Crippen LogP contribution is 2.28. The van der Waals surface area contributed by atoms with Crippen molar-refractivity contribution < 1.29 is 16.1 Å². The summed E-state index contributed by atoms with van der Waals surface area (Å²) in [6.07, 6.45) is 2.30. The minimum absolute atomic E-state index is 0. The maximum atomic E-state index is 13.2. The number of rotatable bonds is 6. The van der Waals surface area contributed by atoms with E-state index in [2.05, 4.69) is 19.5 Å². The number of amides is 1. The van der Waals surface area contributed by atoms with Crippen LogP contribution in [-0.4, -0.2) is 63.0 Å². The third-order valence-electron chi connectivity index (χ3n) is 6.24. The number of piperazine rings is 1. The number of aromatic nitrogens is 1. The molecule has 0 aliphatic carbocycles. The van der Waals surface area contributed by atoms with E-state index in [1.165, 1.54) is 23.5 Å². The Kier molecular flexibility index (Phi) is 6.48.